The summed E-state index contributed by atoms with van der Waals surface area (Å²) in [6, 6.07) is 0.418. The lowest BCUT2D eigenvalue weighted by Crippen LogP contribution is -2.39. The maximum atomic E-state index is 11.6. The van der Waals surface area contributed by atoms with Crippen molar-refractivity contribution in [2.75, 3.05) is 13.1 Å². The summed E-state index contributed by atoms with van der Waals surface area (Å²) in [5.41, 5.74) is 5.37. The van der Waals surface area contributed by atoms with Gasteiger partial charge in [-0.2, -0.15) is 0 Å². The van der Waals surface area contributed by atoms with E-state index in [1.165, 1.54) is 12.8 Å². The molecule has 1 unspecified atom stereocenters. The van der Waals surface area contributed by atoms with Gasteiger partial charge in [0.1, 0.15) is 0 Å². The Morgan fingerprint density at radius 2 is 2.23 bits per heavy atom. The number of rotatable bonds is 2. The summed E-state index contributed by atoms with van der Waals surface area (Å²) in [6.07, 6.45) is 5.33. The van der Waals surface area contributed by atoms with E-state index in [4.69, 9.17) is 5.73 Å². The number of likely N-dealkylation sites (tertiary alicyclic amines) is 1. The van der Waals surface area contributed by atoms with Crippen molar-refractivity contribution in [2.45, 2.75) is 45.1 Å². The van der Waals surface area contributed by atoms with Gasteiger partial charge in [0, 0.05) is 25.6 Å². The van der Waals surface area contributed by atoms with Crippen LogP contribution in [0.25, 0.3) is 0 Å². The maximum absolute atomic E-state index is 11.6. The fourth-order valence-corrected chi connectivity index (χ4v) is 1.91. The zero-order valence-electron chi connectivity index (χ0n) is 8.46. The van der Waals surface area contributed by atoms with Crippen molar-refractivity contribution in [3.05, 3.63) is 0 Å². The first-order chi connectivity index (χ1) is 6.25. The molecule has 1 saturated heterocycles. The molecular formula is C10H20N2O. The van der Waals surface area contributed by atoms with Crippen molar-refractivity contribution < 1.29 is 4.79 Å². The molecule has 0 spiro atoms. The molecule has 3 heteroatoms. The third-order valence-corrected chi connectivity index (χ3v) is 2.73. The van der Waals surface area contributed by atoms with E-state index in [1.807, 2.05) is 4.90 Å². The van der Waals surface area contributed by atoms with E-state index < -0.39 is 0 Å². The zero-order valence-corrected chi connectivity index (χ0v) is 8.46. The Balaban J connectivity index is 2.48. The molecule has 13 heavy (non-hydrogen) atoms. The fourth-order valence-electron chi connectivity index (χ4n) is 1.91. The van der Waals surface area contributed by atoms with Crippen LogP contribution in [0.2, 0.25) is 0 Å². The van der Waals surface area contributed by atoms with Crippen LogP contribution in [0, 0.1) is 0 Å². The lowest BCUT2D eigenvalue weighted by Gasteiger charge is -2.27. The molecule has 0 radical (unpaired) electrons. The SMILES string of the molecule is CC1CCCCCN1C(=O)CCN. The molecule has 1 aliphatic rings. The third kappa shape index (κ3) is 2.99. The molecule has 0 aliphatic carbocycles. The van der Waals surface area contributed by atoms with Crippen LogP contribution in [0.5, 0.6) is 0 Å². The molecule has 0 aromatic rings. The van der Waals surface area contributed by atoms with Crippen LogP contribution in [0.4, 0.5) is 0 Å². The van der Waals surface area contributed by atoms with Crippen molar-refractivity contribution in [3.8, 4) is 0 Å². The lowest BCUT2D eigenvalue weighted by molar-refractivity contribution is -0.132. The Bertz CT molecular complexity index is 170. The molecule has 1 rings (SSSR count). The molecule has 1 aliphatic heterocycles. The van der Waals surface area contributed by atoms with Crippen LogP contribution in [0.15, 0.2) is 0 Å². The van der Waals surface area contributed by atoms with E-state index in [0.717, 1.165) is 19.4 Å². The summed E-state index contributed by atoms with van der Waals surface area (Å²) in [6.45, 7) is 3.54. The first-order valence-corrected chi connectivity index (χ1v) is 5.25. The van der Waals surface area contributed by atoms with Crippen molar-refractivity contribution in [1.29, 1.82) is 0 Å². The van der Waals surface area contributed by atoms with E-state index in [0.29, 0.717) is 19.0 Å². The van der Waals surface area contributed by atoms with Crippen LogP contribution in [-0.4, -0.2) is 29.9 Å². The second-order valence-electron chi connectivity index (χ2n) is 3.82. The minimum atomic E-state index is 0.233. The Kier molecular flexibility index (Phi) is 4.22. The van der Waals surface area contributed by atoms with Gasteiger partial charge < -0.3 is 10.6 Å². The highest BCUT2D eigenvalue weighted by Crippen LogP contribution is 2.16. The first kappa shape index (κ1) is 10.5. The quantitative estimate of drug-likeness (QED) is 0.699. The number of hydrogen-bond acceptors (Lipinski definition) is 2. The van der Waals surface area contributed by atoms with E-state index in [9.17, 15) is 4.79 Å². The second-order valence-corrected chi connectivity index (χ2v) is 3.82. The molecule has 2 N–H and O–H groups in total. The highest BCUT2D eigenvalue weighted by Gasteiger charge is 2.20. The lowest BCUT2D eigenvalue weighted by atomic mass is 10.1. The van der Waals surface area contributed by atoms with E-state index >= 15 is 0 Å². The summed E-state index contributed by atoms with van der Waals surface area (Å²) in [5, 5.41) is 0. The van der Waals surface area contributed by atoms with Gasteiger partial charge in [-0.1, -0.05) is 12.8 Å². The molecular weight excluding hydrogens is 164 g/mol. The zero-order chi connectivity index (χ0) is 9.68. The van der Waals surface area contributed by atoms with Crippen molar-refractivity contribution in [1.82, 2.24) is 4.90 Å². The number of hydrogen-bond donors (Lipinski definition) is 1. The van der Waals surface area contributed by atoms with Gasteiger partial charge in [-0.3, -0.25) is 4.79 Å². The minimum Gasteiger partial charge on any atom is -0.340 e. The number of nitrogens with two attached hydrogens (primary N) is 1. The highest BCUT2D eigenvalue weighted by atomic mass is 16.2. The van der Waals surface area contributed by atoms with Crippen molar-refractivity contribution in [3.63, 3.8) is 0 Å². The largest absolute Gasteiger partial charge is 0.340 e. The summed E-state index contributed by atoms with van der Waals surface area (Å²) in [7, 11) is 0. The Morgan fingerprint density at radius 1 is 1.46 bits per heavy atom. The molecule has 0 bridgehead atoms. The van der Waals surface area contributed by atoms with Gasteiger partial charge in [0.25, 0.3) is 0 Å². The molecule has 1 fully saturated rings. The fraction of sp³-hybridized carbons (Fsp3) is 0.900. The smallest absolute Gasteiger partial charge is 0.224 e. The Morgan fingerprint density at radius 3 is 2.92 bits per heavy atom. The molecule has 1 heterocycles. The van der Waals surface area contributed by atoms with E-state index in [-0.39, 0.29) is 5.91 Å². The monoisotopic (exact) mass is 184 g/mol. The van der Waals surface area contributed by atoms with Crippen molar-refractivity contribution >= 4 is 5.91 Å². The maximum Gasteiger partial charge on any atom is 0.224 e. The molecule has 1 atom stereocenters. The second kappa shape index (κ2) is 5.22. The molecule has 1 amide bonds. The highest BCUT2D eigenvalue weighted by molar-refractivity contribution is 5.76. The first-order valence-electron chi connectivity index (χ1n) is 5.25. The van der Waals surface area contributed by atoms with Crippen LogP contribution >= 0.6 is 0 Å². The van der Waals surface area contributed by atoms with Gasteiger partial charge >= 0.3 is 0 Å². The number of carbonyl (C=O) groups is 1. The van der Waals surface area contributed by atoms with Gasteiger partial charge in [-0.05, 0) is 19.8 Å². The van der Waals surface area contributed by atoms with E-state index in [1.54, 1.807) is 0 Å². The normalized spacial score (nSPS) is 24.2. The number of amides is 1. The summed E-state index contributed by atoms with van der Waals surface area (Å²) < 4.78 is 0. The number of carbonyl (C=O) groups excluding carboxylic acids is 1. The predicted molar refractivity (Wildman–Crippen MR) is 53.3 cm³/mol. The topological polar surface area (TPSA) is 46.3 Å². The molecule has 76 valence electrons. The Labute approximate surface area is 80.3 Å². The van der Waals surface area contributed by atoms with E-state index in [2.05, 4.69) is 6.92 Å². The predicted octanol–water partition coefficient (Wildman–Crippen LogP) is 1.13. The average Bonchev–Trinajstić information content (AvgIpc) is 2.30. The molecule has 0 saturated carbocycles. The van der Waals surface area contributed by atoms with Gasteiger partial charge in [-0.15, -0.1) is 0 Å². The van der Waals surface area contributed by atoms with Gasteiger partial charge in [0.05, 0.1) is 0 Å². The van der Waals surface area contributed by atoms with Crippen LogP contribution in [0.1, 0.15) is 39.0 Å². The van der Waals surface area contributed by atoms with Crippen LogP contribution < -0.4 is 5.73 Å². The minimum absolute atomic E-state index is 0.233. The van der Waals surface area contributed by atoms with Crippen molar-refractivity contribution in [2.24, 2.45) is 5.73 Å². The van der Waals surface area contributed by atoms with Gasteiger partial charge in [0.2, 0.25) is 5.91 Å². The van der Waals surface area contributed by atoms with Crippen LogP contribution in [-0.2, 0) is 4.79 Å². The average molecular weight is 184 g/mol. The third-order valence-electron chi connectivity index (χ3n) is 2.73. The van der Waals surface area contributed by atoms with Gasteiger partial charge in [-0.25, -0.2) is 0 Å². The number of nitrogens with zero attached hydrogens (tertiary/aromatic N) is 1. The van der Waals surface area contributed by atoms with Crippen LogP contribution in [0.3, 0.4) is 0 Å². The van der Waals surface area contributed by atoms with Gasteiger partial charge in [0.15, 0.2) is 0 Å². The Hall–Kier alpha value is -0.570. The molecule has 3 nitrogen and oxygen atoms in total. The standard InChI is InChI=1S/C10H20N2O/c1-9-5-3-2-4-8-12(9)10(13)6-7-11/h9H,2-8,11H2,1H3. The molecule has 0 aromatic heterocycles. The summed E-state index contributed by atoms with van der Waals surface area (Å²) >= 11 is 0. The molecule has 0 aromatic carbocycles. The summed E-state index contributed by atoms with van der Waals surface area (Å²) in [5.74, 6) is 0.233. The summed E-state index contributed by atoms with van der Waals surface area (Å²) in [4.78, 5) is 13.6.